The van der Waals surface area contributed by atoms with E-state index in [-0.39, 0.29) is 5.13 Å². The van der Waals surface area contributed by atoms with E-state index in [2.05, 4.69) is 15.5 Å². The van der Waals surface area contributed by atoms with Crippen LogP contribution in [0.3, 0.4) is 0 Å². The summed E-state index contributed by atoms with van der Waals surface area (Å²) in [4.78, 5) is 12.0. The van der Waals surface area contributed by atoms with E-state index in [1.807, 2.05) is 6.07 Å². The Hall–Kier alpha value is -1.74. The fourth-order valence-electron chi connectivity index (χ4n) is 1.97. The topological polar surface area (TPSA) is 54.9 Å². The van der Waals surface area contributed by atoms with Crippen LogP contribution in [0.1, 0.15) is 15.9 Å². The second kappa shape index (κ2) is 8.30. The van der Waals surface area contributed by atoms with Crippen LogP contribution in [0.15, 0.2) is 40.7 Å². The third kappa shape index (κ3) is 4.50. The smallest absolute Gasteiger partial charge is 0.263 e. The van der Waals surface area contributed by atoms with Crippen molar-refractivity contribution in [1.29, 1.82) is 0 Å². The van der Waals surface area contributed by atoms with Gasteiger partial charge in [-0.25, -0.2) is 8.78 Å². The Morgan fingerprint density at radius 3 is 2.54 bits per heavy atom. The summed E-state index contributed by atoms with van der Waals surface area (Å²) in [5.41, 5.74) is 0.284. The summed E-state index contributed by atoms with van der Waals surface area (Å²) in [6, 6.07) is 8.50. The molecule has 0 saturated carbocycles. The number of hydrogen-bond donors (Lipinski definition) is 1. The summed E-state index contributed by atoms with van der Waals surface area (Å²) in [5, 5.41) is 11.2. The van der Waals surface area contributed by atoms with Gasteiger partial charge in [0, 0.05) is 5.75 Å². The zero-order valence-electron chi connectivity index (χ0n) is 12.8. The van der Waals surface area contributed by atoms with E-state index < -0.39 is 23.1 Å². The van der Waals surface area contributed by atoms with Crippen molar-refractivity contribution >= 4 is 57.3 Å². The molecule has 4 nitrogen and oxygen atoms in total. The van der Waals surface area contributed by atoms with E-state index in [0.29, 0.717) is 20.1 Å². The minimum absolute atomic E-state index is 0.147. The van der Waals surface area contributed by atoms with E-state index >= 15 is 0 Å². The van der Waals surface area contributed by atoms with Crippen LogP contribution in [0.4, 0.5) is 13.9 Å². The van der Waals surface area contributed by atoms with E-state index in [1.165, 1.54) is 17.8 Å². The first-order valence-corrected chi connectivity index (χ1v) is 9.65. The van der Waals surface area contributed by atoms with Crippen LogP contribution in [-0.2, 0) is 5.75 Å². The maximum Gasteiger partial charge on any atom is 0.263 e. The summed E-state index contributed by atoms with van der Waals surface area (Å²) in [6.45, 7) is 0. The first-order chi connectivity index (χ1) is 12.4. The highest BCUT2D eigenvalue weighted by Crippen LogP contribution is 2.30. The number of anilines is 1. The molecule has 2 aromatic carbocycles. The molecule has 1 N–H and O–H groups in total. The standard InChI is InChI=1S/C16H9Cl2F2N3OS2/c17-9-5-4-8(6-10(9)18)7-25-16-23-22-15(26-16)21-14(24)13-11(19)2-1-3-12(13)20/h1-6H,7H2,(H,21,22,24). The molecule has 10 heteroatoms. The summed E-state index contributed by atoms with van der Waals surface area (Å²) >= 11 is 14.3. The predicted octanol–water partition coefficient (Wildman–Crippen LogP) is 5.67. The van der Waals surface area contributed by atoms with Crippen LogP contribution in [-0.4, -0.2) is 16.1 Å². The van der Waals surface area contributed by atoms with Gasteiger partial charge in [0.1, 0.15) is 17.2 Å². The van der Waals surface area contributed by atoms with Gasteiger partial charge in [-0.1, -0.05) is 58.4 Å². The Kier molecular flexibility index (Phi) is 6.08. The highest BCUT2D eigenvalue weighted by Gasteiger charge is 2.18. The first-order valence-electron chi connectivity index (χ1n) is 7.09. The molecular formula is C16H9Cl2F2N3OS2. The van der Waals surface area contributed by atoms with Crippen LogP contribution in [0.2, 0.25) is 10.0 Å². The van der Waals surface area contributed by atoms with Gasteiger partial charge < -0.3 is 0 Å². The summed E-state index contributed by atoms with van der Waals surface area (Å²) in [5.74, 6) is -2.23. The number of carbonyl (C=O) groups is 1. The van der Waals surface area contributed by atoms with Crippen molar-refractivity contribution in [3.05, 3.63) is 69.2 Å². The minimum Gasteiger partial charge on any atom is -0.296 e. The van der Waals surface area contributed by atoms with Crippen LogP contribution < -0.4 is 5.32 Å². The number of benzene rings is 2. The van der Waals surface area contributed by atoms with Crippen LogP contribution >= 0.6 is 46.3 Å². The maximum absolute atomic E-state index is 13.6. The van der Waals surface area contributed by atoms with Crippen molar-refractivity contribution in [3.63, 3.8) is 0 Å². The third-order valence-corrected chi connectivity index (χ3v) is 5.95. The second-order valence-electron chi connectivity index (χ2n) is 4.96. The zero-order chi connectivity index (χ0) is 18.7. The van der Waals surface area contributed by atoms with Crippen molar-refractivity contribution in [2.24, 2.45) is 0 Å². The molecule has 0 bridgehead atoms. The van der Waals surface area contributed by atoms with Gasteiger partial charge in [-0.3, -0.25) is 10.1 Å². The molecule has 1 aromatic heterocycles. The lowest BCUT2D eigenvalue weighted by Gasteiger charge is -2.03. The molecule has 3 rings (SSSR count). The summed E-state index contributed by atoms with van der Waals surface area (Å²) < 4.78 is 27.8. The molecule has 1 heterocycles. The molecule has 0 spiro atoms. The number of aromatic nitrogens is 2. The largest absolute Gasteiger partial charge is 0.296 e. The number of rotatable bonds is 5. The lowest BCUT2D eigenvalue weighted by atomic mass is 10.2. The number of hydrogen-bond acceptors (Lipinski definition) is 5. The minimum atomic E-state index is -0.943. The van der Waals surface area contributed by atoms with Crippen molar-refractivity contribution in [2.75, 3.05) is 5.32 Å². The van der Waals surface area contributed by atoms with E-state index in [0.717, 1.165) is 29.0 Å². The van der Waals surface area contributed by atoms with Gasteiger partial charge in [0.2, 0.25) is 5.13 Å². The molecule has 0 aliphatic rings. The highest BCUT2D eigenvalue weighted by molar-refractivity contribution is 8.00. The molecule has 0 atom stereocenters. The number of amides is 1. The van der Waals surface area contributed by atoms with Gasteiger partial charge in [0.25, 0.3) is 5.91 Å². The molecular weight excluding hydrogens is 423 g/mol. The average Bonchev–Trinajstić information content (AvgIpc) is 3.03. The van der Waals surface area contributed by atoms with Gasteiger partial charge in [-0.15, -0.1) is 10.2 Å². The van der Waals surface area contributed by atoms with Gasteiger partial charge in [0.05, 0.1) is 10.0 Å². The normalized spacial score (nSPS) is 10.8. The van der Waals surface area contributed by atoms with Gasteiger partial charge in [-0.05, 0) is 29.8 Å². The highest BCUT2D eigenvalue weighted by atomic mass is 35.5. The second-order valence-corrected chi connectivity index (χ2v) is 7.98. The molecule has 3 aromatic rings. The SMILES string of the molecule is O=C(Nc1nnc(SCc2ccc(Cl)c(Cl)c2)s1)c1c(F)cccc1F. The summed E-state index contributed by atoms with van der Waals surface area (Å²) in [6.07, 6.45) is 0. The quantitative estimate of drug-likeness (QED) is 0.417. The Morgan fingerprint density at radius 1 is 1.12 bits per heavy atom. The van der Waals surface area contributed by atoms with Crippen LogP contribution in [0.5, 0.6) is 0 Å². The first kappa shape index (κ1) is 19.0. The van der Waals surface area contributed by atoms with Crippen molar-refractivity contribution in [1.82, 2.24) is 10.2 Å². The van der Waals surface area contributed by atoms with E-state index in [4.69, 9.17) is 23.2 Å². The van der Waals surface area contributed by atoms with E-state index in [9.17, 15) is 13.6 Å². The molecule has 1 amide bonds. The molecule has 0 fully saturated rings. The van der Waals surface area contributed by atoms with Crippen molar-refractivity contribution in [3.8, 4) is 0 Å². The number of nitrogens with one attached hydrogen (secondary N) is 1. The lowest BCUT2D eigenvalue weighted by Crippen LogP contribution is -2.15. The van der Waals surface area contributed by atoms with Crippen LogP contribution in [0, 0.1) is 11.6 Å². The zero-order valence-corrected chi connectivity index (χ0v) is 15.9. The van der Waals surface area contributed by atoms with Gasteiger partial charge >= 0.3 is 0 Å². The Labute approximate surface area is 165 Å². The van der Waals surface area contributed by atoms with Crippen molar-refractivity contribution < 1.29 is 13.6 Å². The molecule has 0 aliphatic carbocycles. The lowest BCUT2D eigenvalue weighted by molar-refractivity contribution is 0.101. The van der Waals surface area contributed by atoms with Crippen molar-refractivity contribution in [2.45, 2.75) is 10.1 Å². The number of nitrogens with zero attached hydrogens (tertiary/aromatic N) is 2. The van der Waals surface area contributed by atoms with Crippen LogP contribution in [0.25, 0.3) is 0 Å². The monoisotopic (exact) mass is 431 g/mol. The predicted molar refractivity (Wildman–Crippen MR) is 100 cm³/mol. The molecule has 0 aliphatic heterocycles. The van der Waals surface area contributed by atoms with E-state index in [1.54, 1.807) is 12.1 Å². The number of thioether (sulfide) groups is 1. The molecule has 0 radical (unpaired) electrons. The maximum atomic E-state index is 13.6. The molecule has 134 valence electrons. The molecule has 0 unspecified atom stereocenters. The Bertz CT molecular complexity index is 948. The third-order valence-electron chi connectivity index (χ3n) is 3.16. The fourth-order valence-corrected chi connectivity index (χ4v) is 3.98. The average molecular weight is 432 g/mol. The number of halogens is 4. The fraction of sp³-hybridized carbons (Fsp3) is 0.0625. The Morgan fingerprint density at radius 2 is 1.85 bits per heavy atom. The Balaban J connectivity index is 1.64. The molecule has 0 saturated heterocycles. The number of carbonyl (C=O) groups excluding carboxylic acids is 1. The molecule has 26 heavy (non-hydrogen) atoms. The van der Waals surface area contributed by atoms with Gasteiger partial charge in [-0.2, -0.15) is 0 Å². The summed E-state index contributed by atoms with van der Waals surface area (Å²) in [7, 11) is 0. The van der Waals surface area contributed by atoms with Gasteiger partial charge in [0.15, 0.2) is 4.34 Å².